The van der Waals surface area contributed by atoms with Gasteiger partial charge in [-0.05, 0) is 178 Å². The van der Waals surface area contributed by atoms with Gasteiger partial charge in [0.1, 0.15) is 50.3 Å². The molecule has 3 fully saturated rings. The van der Waals surface area contributed by atoms with Gasteiger partial charge in [-0.25, -0.2) is 9.97 Å². The van der Waals surface area contributed by atoms with Crippen LogP contribution in [0.5, 0.6) is 23.8 Å². The summed E-state index contributed by atoms with van der Waals surface area (Å²) < 4.78 is 61.7. The lowest BCUT2D eigenvalue weighted by molar-refractivity contribution is -0.153. The number of hydrogen-bond donors (Lipinski definition) is 0. The zero-order valence-corrected chi connectivity index (χ0v) is 61.2. The molecule has 9 rings (SSSR count). The largest absolute Gasteiger partial charge is 0.496 e. The molecule has 1 saturated heterocycles. The first kappa shape index (κ1) is 73.3. The molecule has 92 heavy (non-hydrogen) atoms. The van der Waals surface area contributed by atoms with Crippen LogP contribution in [0.15, 0.2) is 65.7 Å². The van der Waals surface area contributed by atoms with Crippen molar-refractivity contribution in [3.05, 3.63) is 76.8 Å². The maximum Gasteiger partial charge on any atom is 0.496 e. The lowest BCUT2D eigenvalue weighted by Gasteiger charge is -2.32. The molecule has 0 bridgehead atoms. The highest BCUT2D eigenvalue weighted by Crippen LogP contribution is 2.37. The number of carbonyl (C=O) groups is 2. The maximum absolute atomic E-state index is 11.9. The first-order chi connectivity index (χ1) is 43.2. The average molecular weight is 1370 g/mol. The molecule has 1 aliphatic heterocycles. The van der Waals surface area contributed by atoms with E-state index in [0.717, 1.165) is 82.3 Å². The number of methoxy groups -OCH3 is 2. The highest BCUT2D eigenvalue weighted by Gasteiger charge is 2.52. The molecule has 22 nitrogen and oxygen atoms in total. The van der Waals surface area contributed by atoms with Crippen LogP contribution in [0.1, 0.15) is 118 Å². The molecule has 6 aromatic heterocycles. The molecule has 0 amide bonds. The Hall–Kier alpha value is -6.16. The number of carbonyl (C=O) groups excluding carboxylic acids is 2. The normalized spacial score (nSPS) is 15.9. The summed E-state index contributed by atoms with van der Waals surface area (Å²) in [5, 5.41) is 9.26. The molecule has 2 saturated carbocycles. The summed E-state index contributed by atoms with van der Waals surface area (Å²) in [6.07, 6.45) is 16.4. The van der Waals surface area contributed by atoms with Crippen molar-refractivity contribution in [3.8, 4) is 57.9 Å². The third-order valence-electron chi connectivity index (χ3n) is 16.5. The Labute approximate surface area is 555 Å². The van der Waals surface area contributed by atoms with E-state index < -0.39 is 45.3 Å². The Morgan fingerprint density at radius 1 is 0.620 bits per heavy atom. The molecule has 6 aromatic rings. The molecule has 502 valence electrons. The van der Waals surface area contributed by atoms with Gasteiger partial charge in [0.25, 0.3) is 0 Å². The third kappa shape index (κ3) is 21.2. The number of esters is 2. The molecule has 0 N–H and O–H groups in total. The van der Waals surface area contributed by atoms with Crippen molar-refractivity contribution in [1.82, 2.24) is 49.5 Å². The van der Waals surface area contributed by atoms with Crippen LogP contribution >= 0.6 is 15.9 Å². The van der Waals surface area contributed by atoms with E-state index in [2.05, 4.69) is 90.3 Å². The minimum absolute atomic E-state index is 0.164. The summed E-state index contributed by atoms with van der Waals surface area (Å²) in [6.45, 7) is 35.6. The number of aromatic nitrogens is 10. The molecule has 2 aliphatic carbocycles. The summed E-state index contributed by atoms with van der Waals surface area (Å²) in [5.41, 5.74) is 3.73. The van der Waals surface area contributed by atoms with Gasteiger partial charge >= 0.3 is 31.1 Å². The zero-order valence-electron chi connectivity index (χ0n) is 57.6. The van der Waals surface area contributed by atoms with Crippen LogP contribution in [0, 0.1) is 24.7 Å². The Balaban J connectivity index is 0.000000205. The lowest BCUT2D eigenvalue weighted by Crippen LogP contribution is -2.41. The molecule has 7 heterocycles. The van der Waals surface area contributed by atoms with Crippen LogP contribution < -0.4 is 24.4 Å². The fraction of sp³-hybridized carbons (Fsp3) is 0.606. The molecule has 0 unspecified atom stereocenters. The Morgan fingerprint density at radius 2 is 1.05 bits per heavy atom. The zero-order chi connectivity index (χ0) is 67.2. The van der Waals surface area contributed by atoms with Crippen LogP contribution in [0.2, 0.25) is 51.4 Å². The fourth-order valence-corrected chi connectivity index (χ4v) is 11.5. The monoisotopic (exact) mass is 1370 g/mol. The van der Waals surface area contributed by atoms with Gasteiger partial charge in [0, 0.05) is 87.3 Å². The number of nitrogens with zero attached hydrogens (tertiary/aromatic N) is 10. The maximum atomic E-state index is 11.9. The van der Waals surface area contributed by atoms with Crippen molar-refractivity contribution < 1.29 is 56.8 Å². The van der Waals surface area contributed by atoms with Crippen molar-refractivity contribution in [2.24, 2.45) is 10.8 Å². The standard InChI is InChI=1S/C30H43N5O5Si.C18H28BNO5.C18H27BrN4O2Si/c1-21-16-26(39-19-30(2,3)28(36)37-4)32-18-24(21)22-12-13-25(31-17-22)27-33-29(40-23-10-8-9-11-23)35(34-27)20-38-14-15-41(5,6)7;1-12-9-14(23-11-16(2,3)15(21)22-8)20-10-13(12)19-24-17(4,5)18(6,7)25-19;1-26(2,3)11-10-24-13-23-18(25-15-6-4-5-7-15)21-17(22-23)16-9-8-14(19)12-20-16/h12-13,16-18,23H,8-11,14-15,19-20H2,1-7H3;9-10H,11H2,1-8H3;8-9,12,15H,4-7,10-11,13H2,1-3H3. The average Bonchev–Trinajstić information content (AvgIpc) is 1.62. The summed E-state index contributed by atoms with van der Waals surface area (Å²) in [6, 6.07) is 14.6. The molecular weight excluding hydrogens is 1270 g/mol. The van der Waals surface area contributed by atoms with Gasteiger partial charge in [-0.2, -0.15) is 19.3 Å². The molecule has 3 aliphatic rings. The van der Waals surface area contributed by atoms with Crippen LogP contribution in [0.25, 0.3) is 34.2 Å². The van der Waals surface area contributed by atoms with Crippen molar-refractivity contribution in [2.45, 2.75) is 209 Å². The highest BCUT2D eigenvalue weighted by atomic mass is 79.9. The van der Waals surface area contributed by atoms with Crippen molar-refractivity contribution in [1.29, 1.82) is 0 Å². The molecule has 0 spiro atoms. The second kappa shape index (κ2) is 31.8. The number of rotatable bonds is 26. The Bertz CT molecular complexity index is 3350. The van der Waals surface area contributed by atoms with E-state index >= 15 is 0 Å². The number of aryl methyl sites for hydroxylation is 2. The molecule has 0 radical (unpaired) electrons. The lowest BCUT2D eigenvalue weighted by atomic mass is 9.77. The minimum atomic E-state index is -1.18. The summed E-state index contributed by atoms with van der Waals surface area (Å²) >= 11 is 3.40. The fourth-order valence-electron chi connectivity index (χ4n) is 9.71. The predicted octanol–water partition coefficient (Wildman–Crippen LogP) is 12.9. The molecule has 0 atom stereocenters. The Kier molecular flexibility index (Phi) is 25.4. The van der Waals surface area contributed by atoms with Crippen molar-refractivity contribution >= 4 is 56.6 Å². The van der Waals surface area contributed by atoms with Gasteiger partial charge in [0.15, 0.2) is 0 Å². The van der Waals surface area contributed by atoms with Crippen LogP contribution in [0.4, 0.5) is 0 Å². The third-order valence-corrected chi connectivity index (χ3v) is 20.3. The summed E-state index contributed by atoms with van der Waals surface area (Å²) in [4.78, 5) is 50.7. The van der Waals surface area contributed by atoms with E-state index in [1.54, 1.807) is 61.8 Å². The number of hydrogen-bond acceptors (Lipinski definition) is 20. The van der Waals surface area contributed by atoms with Gasteiger partial charge in [0.2, 0.25) is 23.4 Å². The SMILES string of the molecule is COC(=O)C(C)(C)COc1cc(C)c(-c2ccc(-c3nc(OC4CCCC4)n(COCC[Si](C)(C)C)n3)nc2)cn1.COC(=O)C(C)(C)COc1cc(C)c(B2OC(C)(C)C(C)(C)O2)cn1.C[Si](C)(C)CCOCn1nc(-c2ccc(Br)cn2)nc1OC1CCCC1. The smallest absolute Gasteiger partial charge is 0.476 e. The molecule has 26 heteroatoms. The van der Waals surface area contributed by atoms with E-state index in [-0.39, 0.29) is 37.4 Å². The van der Waals surface area contributed by atoms with E-state index in [0.29, 0.717) is 61.2 Å². The molecule has 0 aromatic carbocycles. The summed E-state index contributed by atoms with van der Waals surface area (Å²) in [5.74, 6) is 1.32. The van der Waals surface area contributed by atoms with E-state index in [9.17, 15) is 9.59 Å². The summed E-state index contributed by atoms with van der Waals surface area (Å²) in [7, 11) is -0.0136. The minimum Gasteiger partial charge on any atom is -0.476 e. The van der Waals surface area contributed by atoms with Crippen LogP contribution in [-0.4, -0.2) is 149 Å². The van der Waals surface area contributed by atoms with Crippen molar-refractivity contribution in [3.63, 3.8) is 0 Å². The van der Waals surface area contributed by atoms with Crippen molar-refractivity contribution in [2.75, 3.05) is 40.6 Å². The second-order valence-corrected chi connectivity index (χ2v) is 40.8. The number of pyridine rings is 4. The predicted molar refractivity (Wildman–Crippen MR) is 363 cm³/mol. The first-order valence-electron chi connectivity index (χ1n) is 31.9. The van der Waals surface area contributed by atoms with Crippen LogP contribution in [0.3, 0.4) is 0 Å². The Morgan fingerprint density at radius 3 is 1.45 bits per heavy atom. The van der Waals surface area contributed by atoms with Crippen LogP contribution in [-0.2, 0) is 51.3 Å². The van der Waals surface area contributed by atoms with E-state index in [4.69, 9.17) is 52.2 Å². The number of halogens is 1. The van der Waals surface area contributed by atoms with Gasteiger partial charge in [0.05, 0.1) is 36.3 Å². The van der Waals surface area contributed by atoms with E-state index in [1.165, 1.54) is 39.9 Å². The van der Waals surface area contributed by atoms with Gasteiger partial charge in [-0.3, -0.25) is 19.6 Å². The van der Waals surface area contributed by atoms with Gasteiger partial charge in [-0.1, -0.05) is 45.3 Å². The highest BCUT2D eigenvalue weighted by molar-refractivity contribution is 9.10. The first-order valence-corrected chi connectivity index (χ1v) is 40.1. The second-order valence-electron chi connectivity index (χ2n) is 28.6. The van der Waals surface area contributed by atoms with E-state index in [1.807, 2.05) is 77.9 Å². The van der Waals surface area contributed by atoms with Gasteiger partial charge in [-0.15, -0.1) is 10.2 Å². The molecular formula is C66H98BBrN10O12Si2. The topological polar surface area (TPSA) is 239 Å². The number of ether oxygens (including phenoxy) is 8. The van der Waals surface area contributed by atoms with Gasteiger partial charge < -0.3 is 47.2 Å². The quantitative estimate of drug-likeness (QED) is 0.0278.